The summed E-state index contributed by atoms with van der Waals surface area (Å²) in [6, 6.07) is 1.24. The summed E-state index contributed by atoms with van der Waals surface area (Å²) in [5.41, 5.74) is -1.81. The lowest BCUT2D eigenvalue weighted by Gasteiger charge is -2.29. The van der Waals surface area contributed by atoms with Crippen LogP contribution < -0.4 is 11.2 Å². The zero-order chi connectivity index (χ0) is 14.9. The second kappa shape index (κ2) is 5.51. The van der Waals surface area contributed by atoms with Crippen molar-refractivity contribution in [1.29, 1.82) is 0 Å². The van der Waals surface area contributed by atoms with E-state index in [1.54, 1.807) is 0 Å². The molecule has 1 aliphatic rings. The molecular formula is C13H20N2O5. The van der Waals surface area contributed by atoms with E-state index in [-0.39, 0.29) is 0 Å². The zero-order valence-corrected chi connectivity index (χ0v) is 11.8. The average molecular weight is 284 g/mol. The van der Waals surface area contributed by atoms with Crippen LogP contribution in [0.2, 0.25) is 0 Å². The van der Waals surface area contributed by atoms with Crippen LogP contribution in [0, 0.1) is 0 Å². The van der Waals surface area contributed by atoms with E-state index in [0.29, 0.717) is 12.8 Å². The van der Waals surface area contributed by atoms with Gasteiger partial charge in [0.2, 0.25) is 0 Å². The number of aromatic amines is 1. The lowest BCUT2D eigenvalue weighted by atomic mass is 9.90. The Hall–Kier alpha value is -1.44. The molecule has 112 valence electrons. The second-order valence-electron chi connectivity index (χ2n) is 4.94. The van der Waals surface area contributed by atoms with E-state index in [9.17, 15) is 14.7 Å². The molecule has 2 rings (SSSR count). The SMILES string of the molecule is CCC1(CC)OC(n2ccc(=O)[nH]c2=O)C(OC)C1O. The van der Waals surface area contributed by atoms with Crippen LogP contribution in [0.25, 0.3) is 0 Å². The van der Waals surface area contributed by atoms with Crippen LogP contribution in [0.4, 0.5) is 0 Å². The quantitative estimate of drug-likeness (QED) is 0.811. The molecule has 2 heterocycles. The highest BCUT2D eigenvalue weighted by Crippen LogP contribution is 2.41. The van der Waals surface area contributed by atoms with Crippen molar-refractivity contribution >= 4 is 0 Å². The van der Waals surface area contributed by atoms with Crippen molar-refractivity contribution in [2.45, 2.75) is 50.7 Å². The summed E-state index contributed by atoms with van der Waals surface area (Å²) in [4.78, 5) is 25.2. The maximum absolute atomic E-state index is 11.9. The summed E-state index contributed by atoms with van der Waals surface area (Å²) >= 11 is 0. The fraction of sp³-hybridized carbons (Fsp3) is 0.692. The molecule has 0 aromatic carbocycles. The number of aliphatic hydroxyl groups excluding tert-OH is 1. The van der Waals surface area contributed by atoms with Crippen LogP contribution in [0.15, 0.2) is 21.9 Å². The van der Waals surface area contributed by atoms with Gasteiger partial charge < -0.3 is 14.6 Å². The van der Waals surface area contributed by atoms with Crippen LogP contribution in [0.5, 0.6) is 0 Å². The molecule has 1 aromatic rings. The third-order valence-electron chi connectivity index (χ3n) is 4.08. The predicted molar refractivity (Wildman–Crippen MR) is 71.6 cm³/mol. The van der Waals surface area contributed by atoms with E-state index in [2.05, 4.69) is 4.98 Å². The second-order valence-corrected chi connectivity index (χ2v) is 4.94. The highest BCUT2D eigenvalue weighted by Gasteiger charge is 2.53. The first-order valence-corrected chi connectivity index (χ1v) is 6.69. The third-order valence-corrected chi connectivity index (χ3v) is 4.08. The van der Waals surface area contributed by atoms with Crippen molar-refractivity contribution < 1.29 is 14.6 Å². The van der Waals surface area contributed by atoms with Crippen molar-refractivity contribution in [3.8, 4) is 0 Å². The van der Waals surface area contributed by atoms with Gasteiger partial charge in [-0.3, -0.25) is 14.3 Å². The lowest BCUT2D eigenvalue weighted by Crippen LogP contribution is -2.43. The van der Waals surface area contributed by atoms with Gasteiger partial charge in [0.1, 0.15) is 12.2 Å². The first-order chi connectivity index (χ1) is 9.49. The minimum Gasteiger partial charge on any atom is -0.387 e. The largest absolute Gasteiger partial charge is 0.387 e. The maximum Gasteiger partial charge on any atom is 0.330 e. The third kappa shape index (κ3) is 2.21. The van der Waals surface area contributed by atoms with Crippen molar-refractivity contribution in [1.82, 2.24) is 9.55 Å². The van der Waals surface area contributed by atoms with Crippen molar-refractivity contribution in [3.05, 3.63) is 33.1 Å². The molecule has 3 atom stereocenters. The van der Waals surface area contributed by atoms with Crippen LogP contribution in [0.1, 0.15) is 32.9 Å². The molecule has 1 fully saturated rings. The molecule has 3 unspecified atom stereocenters. The number of H-pyrrole nitrogens is 1. The van der Waals surface area contributed by atoms with Crippen LogP contribution in [-0.2, 0) is 9.47 Å². The summed E-state index contributed by atoms with van der Waals surface area (Å²) in [6.07, 6.45) is 0.272. The van der Waals surface area contributed by atoms with Gasteiger partial charge in [0, 0.05) is 19.4 Å². The van der Waals surface area contributed by atoms with E-state index >= 15 is 0 Å². The van der Waals surface area contributed by atoms with Gasteiger partial charge in [0.05, 0.1) is 5.60 Å². The Morgan fingerprint density at radius 2 is 2.10 bits per heavy atom. The zero-order valence-electron chi connectivity index (χ0n) is 11.8. The number of hydrogen-bond acceptors (Lipinski definition) is 5. The maximum atomic E-state index is 11.9. The molecule has 2 N–H and O–H groups in total. The summed E-state index contributed by atoms with van der Waals surface area (Å²) in [5.74, 6) is 0. The monoisotopic (exact) mass is 284 g/mol. The number of methoxy groups -OCH3 is 1. The fourth-order valence-electron chi connectivity index (χ4n) is 2.76. The lowest BCUT2D eigenvalue weighted by molar-refractivity contribution is -0.110. The van der Waals surface area contributed by atoms with Crippen LogP contribution >= 0.6 is 0 Å². The normalized spacial score (nSPS) is 28.7. The Labute approximate surface area is 116 Å². The fourth-order valence-corrected chi connectivity index (χ4v) is 2.76. The van der Waals surface area contributed by atoms with E-state index in [0.717, 1.165) is 0 Å². The van der Waals surface area contributed by atoms with Crippen molar-refractivity contribution in [3.63, 3.8) is 0 Å². The molecule has 0 saturated carbocycles. The Morgan fingerprint density at radius 3 is 2.60 bits per heavy atom. The average Bonchev–Trinajstić information content (AvgIpc) is 2.71. The molecular weight excluding hydrogens is 264 g/mol. The van der Waals surface area contributed by atoms with Gasteiger partial charge in [0.15, 0.2) is 6.23 Å². The smallest absolute Gasteiger partial charge is 0.330 e. The van der Waals surface area contributed by atoms with Crippen molar-refractivity contribution in [2.75, 3.05) is 7.11 Å². The number of rotatable bonds is 4. The standard InChI is InChI=1S/C13H20N2O5/c1-4-13(5-2)10(17)9(19-3)11(20-13)15-7-6-8(16)14-12(15)18/h6-7,9-11,17H,4-5H2,1-3H3,(H,14,16,18). The minimum absolute atomic E-state index is 0.476. The highest BCUT2D eigenvalue weighted by atomic mass is 16.6. The van der Waals surface area contributed by atoms with E-state index < -0.39 is 35.3 Å². The first-order valence-electron chi connectivity index (χ1n) is 6.69. The Morgan fingerprint density at radius 1 is 1.45 bits per heavy atom. The van der Waals surface area contributed by atoms with Gasteiger partial charge >= 0.3 is 5.69 Å². The highest BCUT2D eigenvalue weighted by molar-refractivity contribution is 5.01. The molecule has 0 spiro atoms. The van der Waals surface area contributed by atoms with Gasteiger partial charge in [-0.05, 0) is 12.8 Å². The number of aromatic nitrogens is 2. The van der Waals surface area contributed by atoms with E-state index in [1.807, 2.05) is 13.8 Å². The van der Waals surface area contributed by atoms with E-state index in [4.69, 9.17) is 9.47 Å². The van der Waals surface area contributed by atoms with Crippen LogP contribution in [-0.4, -0.2) is 39.6 Å². The topological polar surface area (TPSA) is 93.6 Å². The molecule has 0 bridgehead atoms. The first kappa shape index (κ1) is 15.0. The summed E-state index contributed by atoms with van der Waals surface area (Å²) in [5, 5.41) is 10.4. The molecule has 7 nitrogen and oxygen atoms in total. The Balaban J connectivity index is 2.46. The van der Waals surface area contributed by atoms with Crippen molar-refractivity contribution in [2.24, 2.45) is 0 Å². The van der Waals surface area contributed by atoms with Gasteiger partial charge in [-0.15, -0.1) is 0 Å². The van der Waals surface area contributed by atoms with Gasteiger partial charge in [0.25, 0.3) is 5.56 Å². The predicted octanol–water partition coefficient (Wildman–Crippen LogP) is 0.000100. The van der Waals surface area contributed by atoms with Gasteiger partial charge in [-0.25, -0.2) is 4.79 Å². The molecule has 0 amide bonds. The van der Waals surface area contributed by atoms with E-state index in [1.165, 1.54) is 23.9 Å². The minimum atomic E-state index is -0.841. The molecule has 0 aliphatic carbocycles. The molecule has 1 saturated heterocycles. The number of ether oxygens (including phenoxy) is 2. The molecule has 1 aromatic heterocycles. The Bertz CT molecular complexity index is 575. The molecule has 1 aliphatic heterocycles. The van der Waals surface area contributed by atoms with Gasteiger partial charge in [-0.2, -0.15) is 0 Å². The number of aliphatic hydroxyl groups is 1. The molecule has 20 heavy (non-hydrogen) atoms. The molecule has 0 radical (unpaired) electrons. The summed E-state index contributed by atoms with van der Waals surface area (Å²) in [6.45, 7) is 3.83. The summed E-state index contributed by atoms with van der Waals surface area (Å²) in [7, 11) is 1.46. The molecule has 7 heteroatoms. The number of hydrogen-bond donors (Lipinski definition) is 2. The summed E-state index contributed by atoms with van der Waals surface area (Å²) < 4.78 is 12.5. The Kier molecular flexibility index (Phi) is 4.12. The number of nitrogens with one attached hydrogen (secondary N) is 1. The van der Waals surface area contributed by atoms with Gasteiger partial charge in [-0.1, -0.05) is 13.8 Å². The number of nitrogens with zero attached hydrogens (tertiary/aromatic N) is 1. The van der Waals surface area contributed by atoms with Crippen LogP contribution in [0.3, 0.4) is 0 Å².